The van der Waals surface area contributed by atoms with E-state index < -0.39 is 11.0 Å². The number of aryl methyl sites for hydroxylation is 1. The summed E-state index contributed by atoms with van der Waals surface area (Å²) in [7, 11) is 3.32. The van der Waals surface area contributed by atoms with Gasteiger partial charge in [-0.2, -0.15) is 0 Å². The van der Waals surface area contributed by atoms with E-state index in [2.05, 4.69) is 48.5 Å². The van der Waals surface area contributed by atoms with Crippen LogP contribution in [-0.2, 0) is 6.42 Å². The number of methoxy groups -OCH3 is 2. The van der Waals surface area contributed by atoms with Crippen LogP contribution in [0.5, 0.6) is 17.2 Å². The van der Waals surface area contributed by atoms with Crippen molar-refractivity contribution in [2.75, 3.05) is 20.8 Å². The molecule has 0 radical (unpaired) electrons. The molecule has 7 heteroatoms. The highest BCUT2D eigenvalue weighted by Gasteiger charge is 2.21. The lowest BCUT2D eigenvalue weighted by molar-refractivity contribution is -0.386. The molecule has 2 atom stereocenters. The lowest BCUT2D eigenvalue weighted by Gasteiger charge is -2.23. The summed E-state index contributed by atoms with van der Waals surface area (Å²) in [6.45, 7) is 1.91. The maximum atomic E-state index is 11.3. The predicted molar refractivity (Wildman–Crippen MR) is 151 cm³/mol. The van der Waals surface area contributed by atoms with Crippen molar-refractivity contribution in [3.63, 3.8) is 0 Å². The van der Waals surface area contributed by atoms with Crippen LogP contribution in [-0.4, -0.2) is 30.9 Å². The van der Waals surface area contributed by atoms with Gasteiger partial charge in [-0.05, 0) is 78.4 Å². The molecule has 1 N–H and O–H groups in total. The first kappa shape index (κ1) is 27.7. The van der Waals surface area contributed by atoms with Gasteiger partial charge in [0.25, 0.3) is 5.69 Å². The third-order valence-electron chi connectivity index (χ3n) is 6.75. The second kappa shape index (κ2) is 12.9. The van der Waals surface area contributed by atoms with Crippen LogP contribution in [0.25, 0.3) is 0 Å². The molecule has 4 rings (SSSR count). The number of aliphatic hydroxyl groups excluding tert-OH is 1. The summed E-state index contributed by atoms with van der Waals surface area (Å²) in [6, 6.07) is 29.2. The molecular weight excluding hydrogens is 494 g/mol. The summed E-state index contributed by atoms with van der Waals surface area (Å²) in [5.74, 6) is 2.10. The van der Waals surface area contributed by atoms with Crippen molar-refractivity contribution in [2.24, 2.45) is 0 Å². The number of ether oxygens (including phenoxy) is 3. The Labute approximate surface area is 228 Å². The summed E-state index contributed by atoms with van der Waals surface area (Å²) >= 11 is 0. The highest BCUT2D eigenvalue weighted by atomic mass is 16.6. The minimum Gasteiger partial charge on any atom is -0.497 e. The number of nitro benzene ring substituents is 1. The highest BCUT2D eigenvalue weighted by Crippen LogP contribution is 2.37. The Morgan fingerprint density at radius 1 is 0.795 bits per heavy atom. The van der Waals surface area contributed by atoms with Gasteiger partial charge in [0.1, 0.15) is 17.2 Å². The Kier molecular flexibility index (Phi) is 9.18. The fourth-order valence-corrected chi connectivity index (χ4v) is 4.78. The zero-order valence-electron chi connectivity index (χ0n) is 22.4. The number of nitro groups is 1. The number of hydrogen-bond acceptors (Lipinski definition) is 6. The molecule has 0 spiro atoms. The largest absolute Gasteiger partial charge is 0.497 e. The molecule has 39 heavy (non-hydrogen) atoms. The van der Waals surface area contributed by atoms with E-state index in [0.717, 1.165) is 29.0 Å². The van der Waals surface area contributed by atoms with E-state index in [1.807, 2.05) is 24.3 Å². The lowest BCUT2D eigenvalue weighted by Crippen LogP contribution is -2.09. The Bertz CT molecular complexity index is 1390. The molecule has 0 aliphatic carbocycles. The Balaban J connectivity index is 1.58. The molecule has 202 valence electrons. The summed E-state index contributed by atoms with van der Waals surface area (Å²) in [6.07, 6.45) is 0.481. The summed E-state index contributed by atoms with van der Waals surface area (Å²) in [4.78, 5) is 10.8. The second-order valence-corrected chi connectivity index (χ2v) is 9.29. The zero-order valence-corrected chi connectivity index (χ0v) is 22.4. The van der Waals surface area contributed by atoms with Crippen LogP contribution >= 0.6 is 0 Å². The second-order valence-electron chi connectivity index (χ2n) is 9.29. The molecule has 2 unspecified atom stereocenters. The molecule has 4 aromatic rings. The van der Waals surface area contributed by atoms with Gasteiger partial charge in [-0.25, -0.2) is 0 Å². The van der Waals surface area contributed by atoms with E-state index in [1.54, 1.807) is 20.3 Å². The van der Waals surface area contributed by atoms with Crippen molar-refractivity contribution in [3.05, 3.63) is 129 Å². The number of aliphatic hydroxyl groups is 1. The first-order chi connectivity index (χ1) is 18.9. The Morgan fingerprint density at radius 2 is 1.44 bits per heavy atom. The van der Waals surface area contributed by atoms with Gasteiger partial charge in [-0.1, -0.05) is 48.5 Å². The standard InChI is InChI=1S/C32H33NO6/c1-22(34)30-21-28(16-18-31(30)33(35)36)39-19-7-10-25-20-27(38-3)15-17-29(25)32(23-8-5-4-6-9-23)24-11-13-26(37-2)14-12-24/h4-6,8-9,11-18,20-22,32,34H,7,10,19H2,1-3H3. The van der Waals surface area contributed by atoms with Crippen molar-refractivity contribution < 1.29 is 24.2 Å². The quantitative estimate of drug-likeness (QED) is 0.0937. The number of benzene rings is 4. The molecule has 0 saturated carbocycles. The van der Waals surface area contributed by atoms with Crippen molar-refractivity contribution in [2.45, 2.75) is 31.8 Å². The first-order valence-corrected chi connectivity index (χ1v) is 12.9. The van der Waals surface area contributed by atoms with Crippen molar-refractivity contribution in [3.8, 4) is 17.2 Å². The lowest BCUT2D eigenvalue weighted by atomic mass is 9.82. The van der Waals surface area contributed by atoms with E-state index in [-0.39, 0.29) is 17.2 Å². The van der Waals surface area contributed by atoms with Crippen LogP contribution in [0.3, 0.4) is 0 Å². The van der Waals surface area contributed by atoms with Gasteiger partial charge in [-0.3, -0.25) is 10.1 Å². The molecule has 0 amide bonds. The maximum absolute atomic E-state index is 11.3. The van der Waals surface area contributed by atoms with Crippen LogP contribution < -0.4 is 14.2 Å². The summed E-state index contributed by atoms with van der Waals surface area (Å²) < 4.78 is 16.8. The van der Waals surface area contributed by atoms with E-state index in [9.17, 15) is 15.2 Å². The van der Waals surface area contributed by atoms with Gasteiger partial charge in [0, 0.05) is 12.0 Å². The summed E-state index contributed by atoms with van der Waals surface area (Å²) in [5, 5.41) is 21.2. The molecule has 7 nitrogen and oxygen atoms in total. The van der Waals surface area contributed by atoms with Crippen LogP contribution in [0, 0.1) is 10.1 Å². The van der Waals surface area contributed by atoms with E-state index in [1.165, 1.54) is 30.2 Å². The molecule has 0 aliphatic rings. The van der Waals surface area contributed by atoms with Gasteiger partial charge >= 0.3 is 0 Å². The Hall–Kier alpha value is -4.36. The smallest absolute Gasteiger partial charge is 0.275 e. The molecule has 0 heterocycles. The topological polar surface area (TPSA) is 91.1 Å². The fourth-order valence-electron chi connectivity index (χ4n) is 4.78. The average Bonchev–Trinajstić information content (AvgIpc) is 2.96. The number of hydrogen-bond donors (Lipinski definition) is 1. The Morgan fingerprint density at radius 3 is 2.08 bits per heavy atom. The molecular formula is C32H33NO6. The summed E-state index contributed by atoms with van der Waals surface area (Å²) in [5.41, 5.74) is 4.78. The van der Waals surface area contributed by atoms with Crippen LogP contribution in [0.4, 0.5) is 5.69 Å². The highest BCUT2D eigenvalue weighted by molar-refractivity contribution is 5.50. The van der Waals surface area contributed by atoms with Gasteiger partial charge in [0.05, 0.1) is 37.4 Å². The third-order valence-corrected chi connectivity index (χ3v) is 6.75. The van der Waals surface area contributed by atoms with E-state index in [4.69, 9.17) is 14.2 Å². The normalized spacial score (nSPS) is 12.4. The SMILES string of the molecule is COc1ccc(C(c2ccccc2)c2ccc(OC)cc2CCCOc2ccc([N+](=O)[O-])c(C(C)O)c2)cc1. The van der Waals surface area contributed by atoms with E-state index >= 15 is 0 Å². The predicted octanol–water partition coefficient (Wildman–Crippen LogP) is 6.86. The molecule has 0 bridgehead atoms. The maximum Gasteiger partial charge on any atom is 0.275 e. The van der Waals surface area contributed by atoms with Crippen LogP contribution in [0.2, 0.25) is 0 Å². The molecule has 0 saturated heterocycles. The fraction of sp³-hybridized carbons (Fsp3) is 0.250. The average molecular weight is 528 g/mol. The minimum atomic E-state index is -0.971. The first-order valence-electron chi connectivity index (χ1n) is 12.9. The van der Waals surface area contributed by atoms with Crippen molar-refractivity contribution in [1.29, 1.82) is 0 Å². The van der Waals surface area contributed by atoms with Crippen molar-refractivity contribution in [1.82, 2.24) is 0 Å². The van der Waals surface area contributed by atoms with Gasteiger partial charge in [0.2, 0.25) is 0 Å². The van der Waals surface area contributed by atoms with Crippen molar-refractivity contribution >= 4 is 5.69 Å². The molecule has 0 aromatic heterocycles. The van der Waals surface area contributed by atoms with Gasteiger partial charge in [0.15, 0.2) is 0 Å². The van der Waals surface area contributed by atoms with Gasteiger partial charge < -0.3 is 19.3 Å². The zero-order chi connectivity index (χ0) is 27.8. The van der Waals surface area contributed by atoms with Crippen LogP contribution in [0.1, 0.15) is 53.2 Å². The monoisotopic (exact) mass is 527 g/mol. The molecule has 0 fully saturated rings. The minimum absolute atomic E-state index is 0.0159. The molecule has 4 aromatic carbocycles. The molecule has 0 aliphatic heterocycles. The number of nitrogens with zero attached hydrogens (tertiary/aromatic N) is 1. The number of rotatable bonds is 12. The van der Waals surface area contributed by atoms with Gasteiger partial charge in [-0.15, -0.1) is 0 Å². The van der Waals surface area contributed by atoms with E-state index in [0.29, 0.717) is 18.8 Å². The third kappa shape index (κ3) is 6.75. The van der Waals surface area contributed by atoms with Crippen LogP contribution in [0.15, 0.2) is 91.0 Å².